The average Bonchev–Trinajstić information content (AvgIpc) is 2.42. The zero-order chi connectivity index (χ0) is 13.2. The van der Waals surface area contributed by atoms with Crippen molar-refractivity contribution in [2.24, 2.45) is 0 Å². The Labute approximate surface area is 109 Å². The summed E-state index contributed by atoms with van der Waals surface area (Å²) in [5.74, 6) is 0.954. The summed E-state index contributed by atoms with van der Waals surface area (Å²) in [7, 11) is 1.65. The minimum atomic E-state index is 0.0551. The first-order chi connectivity index (χ1) is 8.77. The Morgan fingerprint density at radius 2 is 2.11 bits per heavy atom. The summed E-state index contributed by atoms with van der Waals surface area (Å²) in [6.45, 7) is 4.39. The predicted molar refractivity (Wildman–Crippen MR) is 72.6 cm³/mol. The van der Waals surface area contributed by atoms with E-state index in [4.69, 9.17) is 4.74 Å². The highest BCUT2D eigenvalue weighted by atomic mass is 16.5. The van der Waals surface area contributed by atoms with Crippen LogP contribution < -0.4 is 15.4 Å². The van der Waals surface area contributed by atoms with Gasteiger partial charge in [0.25, 0.3) is 0 Å². The minimum absolute atomic E-state index is 0.0551. The van der Waals surface area contributed by atoms with Crippen molar-refractivity contribution in [1.29, 1.82) is 0 Å². The van der Waals surface area contributed by atoms with E-state index in [1.54, 1.807) is 7.05 Å². The Morgan fingerprint density at radius 3 is 2.83 bits per heavy atom. The number of nitrogens with one attached hydrogen (secondary N) is 2. The van der Waals surface area contributed by atoms with Gasteiger partial charge in [0.05, 0.1) is 6.61 Å². The number of para-hydroxylation sites is 1. The fourth-order valence-electron chi connectivity index (χ4n) is 1.59. The van der Waals surface area contributed by atoms with Crippen molar-refractivity contribution in [2.45, 2.75) is 26.3 Å². The predicted octanol–water partition coefficient (Wildman–Crippen LogP) is 1.70. The highest BCUT2D eigenvalue weighted by Gasteiger charge is 2.03. The molecule has 1 rings (SSSR count). The first kappa shape index (κ1) is 14.5. The molecule has 0 radical (unpaired) electrons. The largest absolute Gasteiger partial charge is 0.493 e. The second kappa shape index (κ2) is 8.53. The van der Waals surface area contributed by atoms with E-state index in [0.29, 0.717) is 13.0 Å². The van der Waals surface area contributed by atoms with Gasteiger partial charge < -0.3 is 15.4 Å². The molecule has 4 nitrogen and oxygen atoms in total. The third-order valence-corrected chi connectivity index (χ3v) is 2.62. The van der Waals surface area contributed by atoms with E-state index in [-0.39, 0.29) is 5.91 Å². The molecule has 0 unspecified atom stereocenters. The minimum Gasteiger partial charge on any atom is -0.493 e. The molecule has 0 aliphatic rings. The van der Waals surface area contributed by atoms with Crippen molar-refractivity contribution >= 4 is 5.91 Å². The molecule has 0 bridgehead atoms. The van der Waals surface area contributed by atoms with Gasteiger partial charge in [0.1, 0.15) is 5.75 Å². The summed E-state index contributed by atoms with van der Waals surface area (Å²) in [4.78, 5) is 11.1. The lowest BCUT2D eigenvalue weighted by Gasteiger charge is -2.11. The molecular weight excluding hydrogens is 228 g/mol. The molecule has 0 heterocycles. The van der Waals surface area contributed by atoms with Crippen molar-refractivity contribution in [2.75, 3.05) is 20.2 Å². The normalized spacial score (nSPS) is 10.1. The topological polar surface area (TPSA) is 50.4 Å². The van der Waals surface area contributed by atoms with Crippen LogP contribution in [0.25, 0.3) is 0 Å². The zero-order valence-corrected chi connectivity index (χ0v) is 11.2. The summed E-state index contributed by atoms with van der Waals surface area (Å²) in [5.41, 5.74) is 1.15. The molecule has 2 N–H and O–H groups in total. The number of hydrogen-bond acceptors (Lipinski definition) is 3. The Bertz CT molecular complexity index is 367. The molecule has 0 fully saturated rings. The maximum absolute atomic E-state index is 11.1. The summed E-state index contributed by atoms with van der Waals surface area (Å²) in [5, 5.41) is 5.88. The quantitative estimate of drug-likeness (QED) is 0.690. The SMILES string of the molecule is CCNCc1ccccc1OCCCC(=O)NC. The zero-order valence-electron chi connectivity index (χ0n) is 11.2. The molecule has 0 atom stereocenters. The summed E-state index contributed by atoms with van der Waals surface area (Å²) < 4.78 is 5.71. The maximum Gasteiger partial charge on any atom is 0.219 e. The molecule has 0 saturated carbocycles. The van der Waals surface area contributed by atoms with Crippen LogP contribution >= 0.6 is 0 Å². The third kappa shape index (κ3) is 5.19. The monoisotopic (exact) mass is 250 g/mol. The van der Waals surface area contributed by atoms with Crippen LogP contribution in [0.2, 0.25) is 0 Å². The number of hydrogen-bond donors (Lipinski definition) is 2. The fraction of sp³-hybridized carbons (Fsp3) is 0.500. The lowest BCUT2D eigenvalue weighted by atomic mass is 10.2. The number of ether oxygens (including phenoxy) is 1. The van der Waals surface area contributed by atoms with Crippen molar-refractivity contribution < 1.29 is 9.53 Å². The number of amides is 1. The molecule has 0 aliphatic carbocycles. The van der Waals surface area contributed by atoms with Gasteiger partial charge >= 0.3 is 0 Å². The molecule has 18 heavy (non-hydrogen) atoms. The van der Waals surface area contributed by atoms with Gasteiger partial charge in [-0.3, -0.25) is 4.79 Å². The van der Waals surface area contributed by atoms with Gasteiger partial charge in [-0.05, 0) is 19.0 Å². The summed E-state index contributed by atoms with van der Waals surface area (Å²) >= 11 is 0. The second-order valence-corrected chi connectivity index (χ2v) is 4.01. The summed E-state index contributed by atoms with van der Waals surface area (Å²) in [6, 6.07) is 7.98. The second-order valence-electron chi connectivity index (χ2n) is 4.01. The van der Waals surface area contributed by atoms with Gasteiger partial charge in [-0.25, -0.2) is 0 Å². The van der Waals surface area contributed by atoms with Crippen LogP contribution in [-0.2, 0) is 11.3 Å². The van der Waals surface area contributed by atoms with Crippen LogP contribution in [0, 0.1) is 0 Å². The third-order valence-electron chi connectivity index (χ3n) is 2.62. The van der Waals surface area contributed by atoms with Crippen molar-refractivity contribution in [3.8, 4) is 5.75 Å². The molecule has 0 saturated heterocycles. The van der Waals surface area contributed by atoms with Gasteiger partial charge in [-0.2, -0.15) is 0 Å². The van der Waals surface area contributed by atoms with Gasteiger partial charge in [0, 0.05) is 25.6 Å². The molecule has 1 amide bonds. The van der Waals surface area contributed by atoms with Crippen molar-refractivity contribution in [3.05, 3.63) is 29.8 Å². The Morgan fingerprint density at radius 1 is 1.33 bits per heavy atom. The van der Waals surface area contributed by atoms with E-state index < -0.39 is 0 Å². The number of carbonyl (C=O) groups is 1. The van der Waals surface area contributed by atoms with E-state index in [9.17, 15) is 4.79 Å². The molecule has 0 aliphatic heterocycles. The lowest BCUT2D eigenvalue weighted by molar-refractivity contribution is -0.120. The molecule has 0 aromatic heterocycles. The average molecular weight is 250 g/mol. The Hall–Kier alpha value is -1.55. The van der Waals surface area contributed by atoms with E-state index >= 15 is 0 Å². The van der Waals surface area contributed by atoms with E-state index in [0.717, 1.165) is 30.8 Å². The van der Waals surface area contributed by atoms with Crippen LogP contribution in [0.4, 0.5) is 0 Å². The molecule has 1 aromatic rings. The first-order valence-corrected chi connectivity index (χ1v) is 6.40. The van der Waals surface area contributed by atoms with Gasteiger partial charge in [0.2, 0.25) is 5.91 Å². The van der Waals surface area contributed by atoms with Crippen LogP contribution in [0.1, 0.15) is 25.3 Å². The highest BCUT2D eigenvalue weighted by Crippen LogP contribution is 2.17. The van der Waals surface area contributed by atoms with Gasteiger partial charge in [-0.1, -0.05) is 25.1 Å². The van der Waals surface area contributed by atoms with Crippen molar-refractivity contribution in [3.63, 3.8) is 0 Å². The van der Waals surface area contributed by atoms with Crippen LogP contribution in [0.3, 0.4) is 0 Å². The fourth-order valence-corrected chi connectivity index (χ4v) is 1.59. The number of carbonyl (C=O) groups excluding carboxylic acids is 1. The van der Waals surface area contributed by atoms with E-state index in [1.807, 2.05) is 18.2 Å². The van der Waals surface area contributed by atoms with E-state index in [2.05, 4.69) is 23.6 Å². The standard InChI is InChI=1S/C14H22N2O2/c1-3-16-11-12-7-4-5-8-13(12)18-10-6-9-14(17)15-2/h4-5,7-8,16H,3,6,9-11H2,1-2H3,(H,15,17). The maximum atomic E-state index is 11.1. The van der Waals surface area contributed by atoms with Crippen LogP contribution in [-0.4, -0.2) is 26.1 Å². The lowest BCUT2D eigenvalue weighted by Crippen LogP contribution is -2.18. The van der Waals surface area contributed by atoms with Gasteiger partial charge in [-0.15, -0.1) is 0 Å². The molecular formula is C14H22N2O2. The van der Waals surface area contributed by atoms with Crippen molar-refractivity contribution in [1.82, 2.24) is 10.6 Å². The van der Waals surface area contributed by atoms with E-state index in [1.165, 1.54) is 0 Å². The van der Waals surface area contributed by atoms with Crippen LogP contribution in [0.5, 0.6) is 5.75 Å². The number of rotatable bonds is 8. The molecule has 1 aromatic carbocycles. The molecule has 100 valence electrons. The van der Waals surface area contributed by atoms with Crippen LogP contribution in [0.15, 0.2) is 24.3 Å². The molecule has 4 heteroatoms. The highest BCUT2D eigenvalue weighted by molar-refractivity contribution is 5.75. The number of benzene rings is 1. The van der Waals surface area contributed by atoms with Gasteiger partial charge in [0.15, 0.2) is 0 Å². The first-order valence-electron chi connectivity index (χ1n) is 6.40. The smallest absolute Gasteiger partial charge is 0.219 e. The molecule has 0 spiro atoms. The Kier molecular flexibility index (Phi) is 6.87. The Balaban J connectivity index is 2.38. The summed E-state index contributed by atoms with van der Waals surface area (Å²) in [6.07, 6.45) is 1.24.